The molecular formula is C14H13NO2. The maximum absolute atomic E-state index is 11.8. The Morgan fingerprint density at radius 1 is 1.18 bits per heavy atom. The smallest absolute Gasteiger partial charge is 0.338 e. The molecule has 0 aliphatic carbocycles. The first kappa shape index (κ1) is 11.3. The molecule has 0 radical (unpaired) electrons. The second-order valence-electron chi connectivity index (χ2n) is 3.71. The predicted molar refractivity (Wildman–Crippen MR) is 64.5 cm³/mol. The Hall–Kier alpha value is -2.16. The van der Waals surface area contributed by atoms with Crippen molar-refractivity contribution in [1.82, 2.24) is 4.98 Å². The highest BCUT2D eigenvalue weighted by Crippen LogP contribution is 2.09. The van der Waals surface area contributed by atoms with Crippen molar-refractivity contribution in [3.05, 3.63) is 65.5 Å². The fourth-order valence-corrected chi connectivity index (χ4v) is 1.50. The highest BCUT2D eigenvalue weighted by atomic mass is 16.5. The van der Waals surface area contributed by atoms with Crippen LogP contribution in [-0.4, -0.2) is 11.0 Å². The van der Waals surface area contributed by atoms with Crippen molar-refractivity contribution in [2.75, 3.05) is 0 Å². The molecule has 3 nitrogen and oxygen atoms in total. The van der Waals surface area contributed by atoms with Gasteiger partial charge in [0, 0.05) is 6.20 Å². The molecule has 1 heterocycles. The summed E-state index contributed by atoms with van der Waals surface area (Å²) >= 11 is 0. The molecule has 0 amide bonds. The number of ether oxygens (including phenoxy) is 1. The van der Waals surface area contributed by atoms with E-state index >= 15 is 0 Å². The van der Waals surface area contributed by atoms with Crippen LogP contribution in [0.25, 0.3) is 0 Å². The quantitative estimate of drug-likeness (QED) is 0.757. The lowest BCUT2D eigenvalue weighted by Crippen LogP contribution is -2.07. The Kier molecular flexibility index (Phi) is 3.50. The van der Waals surface area contributed by atoms with Crippen LogP contribution in [0.4, 0.5) is 0 Å². The van der Waals surface area contributed by atoms with E-state index in [-0.39, 0.29) is 12.6 Å². The summed E-state index contributed by atoms with van der Waals surface area (Å²) in [6, 6.07) is 12.9. The first-order chi connectivity index (χ1) is 8.27. The zero-order valence-corrected chi connectivity index (χ0v) is 9.59. The number of carbonyl (C=O) groups is 1. The van der Waals surface area contributed by atoms with Gasteiger partial charge in [-0.3, -0.25) is 4.98 Å². The molecule has 1 aromatic heterocycles. The minimum atomic E-state index is -0.311. The van der Waals surface area contributed by atoms with E-state index in [2.05, 4.69) is 4.98 Å². The summed E-state index contributed by atoms with van der Waals surface area (Å²) in [6.45, 7) is 2.09. The number of nitrogens with zero attached hydrogens (tertiary/aromatic N) is 1. The number of pyridine rings is 1. The first-order valence-electron chi connectivity index (χ1n) is 5.40. The molecule has 0 bridgehead atoms. The van der Waals surface area contributed by atoms with Crippen LogP contribution in [0.2, 0.25) is 0 Å². The number of hydrogen-bond acceptors (Lipinski definition) is 3. The number of hydrogen-bond donors (Lipinski definition) is 0. The van der Waals surface area contributed by atoms with Gasteiger partial charge in [0.2, 0.25) is 0 Å². The van der Waals surface area contributed by atoms with Gasteiger partial charge in [-0.2, -0.15) is 0 Å². The average Bonchev–Trinajstić information content (AvgIpc) is 2.38. The van der Waals surface area contributed by atoms with Gasteiger partial charge in [-0.25, -0.2) is 4.79 Å². The highest BCUT2D eigenvalue weighted by Gasteiger charge is 2.09. The van der Waals surface area contributed by atoms with Crippen molar-refractivity contribution < 1.29 is 9.53 Å². The minimum Gasteiger partial charge on any atom is -0.456 e. The third-order valence-corrected chi connectivity index (χ3v) is 2.44. The van der Waals surface area contributed by atoms with Crippen LogP contribution in [0.15, 0.2) is 48.7 Å². The average molecular weight is 227 g/mol. The molecule has 17 heavy (non-hydrogen) atoms. The Morgan fingerprint density at radius 2 is 1.94 bits per heavy atom. The summed E-state index contributed by atoms with van der Waals surface area (Å²) in [7, 11) is 0. The van der Waals surface area contributed by atoms with Gasteiger partial charge in [-0.15, -0.1) is 0 Å². The molecular weight excluding hydrogens is 214 g/mol. The third kappa shape index (κ3) is 2.91. The molecule has 0 unspecified atom stereocenters. The van der Waals surface area contributed by atoms with E-state index in [1.807, 2.05) is 43.3 Å². The fraction of sp³-hybridized carbons (Fsp3) is 0.143. The van der Waals surface area contributed by atoms with Crippen LogP contribution in [0.3, 0.4) is 0 Å². The van der Waals surface area contributed by atoms with Crippen LogP contribution < -0.4 is 0 Å². The fourth-order valence-electron chi connectivity index (χ4n) is 1.50. The number of rotatable bonds is 3. The molecule has 86 valence electrons. The number of aryl methyl sites for hydroxylation is 1. The maximum atomic E-state index is 11.8. The molecule has 1 aromatic carbocycles. The topological polar surface area (TPSA) is 39.2 Å². The predicted octanol–water partition coefficient (Wildman–Crippen LogP) is 2.75. The van der Waals surface area contributed by atoms with Crippen LogP contribution >= 0.6 is 0 Å². The van der Waals surface area contributed by atoms with Gasteiger partial charge in [-0.1, -0.05) is 24.3 Å². The molecule has 0 saturated carbocycles. The van der Waals surface area contributed by atoms with Gasteiger partial charge in [0.1, 0.15) is 6.61 Å². The van der Waals surface area contributed by atoms with Crippen LogP contribution in [0.5, 0.6) is 0 Å². The number of benzene rings is 1. The Labute approximate surface area is 100 Å². The van der Waals surface area contributed by atoms with Crippen LogP contribution in [0, 0.1) is 6.92 Å². The van der Waals surface area contributed by atoms with E-state index in [4.69, 9.17) is 4.74 Å². The lowest BCUT2D eigenvalue weighted by molar-refractivity contribution is 0.0467. The molecule has 2 aromatic rings. The van der Waals surface area contributed by atoms with Crippen molar-refractivity contribution in [2.45, 2.75) is 13.5 Å². The van der Waals surface area contributed by atoms with Gasteiger partial charge in [0.15, 0.2) is 0 Å². The van der Waals surface area contributed by atoms with Crippen LogP contribution in [-0.2, 0) is 11.3 Å². The Bertz CT molecular complexity index is 509. The van der Waals surface area contributed by atoms with Gasteiger partial charge < -0.3 is 4.74 Å². The third-order valence-electron chi connectivity index (χ3n) is 2.44. The molecule has 3 heteroatoms. The van der Waals surface area contributed by atoms with Gasteiger partial charge in [-0.05, 0) is 30.7 Å². The summed E-state index contributed by atoms with van der Waals surface area (Å²) in [6.07, 6.45) is 1.68. The van der Waals surface area contributed by atoms with E-state index in [0.717, 1.165) is 11.3 Å². The highest BCUT2D eigenvalue weighted by molar-refractivity contribution is 5.90. The Balaban J connectivity index is 2.01. The SMILES string of the molecule is Cc1ccccc1C(=O)OCc1ccccn1. The van der Waals surface area contributed by atoms with Crippen molar-refractivity contribution >= 4 is 5.97 Å². The van der Waals surface area contributed by atoms with Crippen molar-refractivity contribution in [1.29, 1.82) is 0 Å². The molecule has 0 aliphatic heterocycles. The summed E-state index contributed by atoms with van der Waals surface area (Å²) < 4.78 is 5.19. The largest absolute Gasteiger partial charge is 0.456 e. The Morgan fingerprint density at radius 3 is 2.65 bits per heavy atom. The molecule has 0 N–H and O–H groups in total. The van der Waals surface area contributed by atoms with Crippen molar-refractivity contribution in [3.8, 4) is 0 Å². The number of aromatic nitrogens is 1. The molecule has 2 rings (SSSR count). The van der Waals surface area contributed by atoms with Crippen molar-refractivity contribution in [2.24, 2.45) is 0 Å². The van der Waals surface area contributed by atoms with E-state index in [1.54, 1.807) is 12.3 Å². The summed E-state index contributed by atoms with van der Waals surface area (Å²) in [4.78, 5) is 15.9. The van der Waals surface area contributed by atoms with Gasteiger partial charge in [0.25, 0.3) is 0 Å². The summed E-state index contributed by atoms with van der Waals surface area (Å²) in [5.74, 6) is -0.311. The molecule has 0 spiro atoms. The number of esters is 1. The van der Waals surface area contributed by atoms with E-state index in [9.17, 15) is 4.79 Å². The molecule has 0 atom stereocenters. The maximum Gasteiger partial charge on any atom is 0.338 e. The standard InChI is InChI=1S/C14H13NO2/c1-11-6-2-3-8-13(11)14(16)17-10-12-7-4-5-9-15-12/h2-9H,10H2,1H3. The zero-order valence-electron chi connectivity index (χ0n) is 9.59. The summed E-state index contributed by atoms with van der Waals surface area (Å²) in [5, 5.41) is 0. The normalized spacial score (nSPS) is 9.94. The second-order valence-corrected chi connectivity index (χ2v) is 3.71. The van der Waals surface area contributed by atoms with Crippen molar-refractivity contribution in [3.63, 3.8) is 0 Å². The van der Waals surface area contributed by atoms with Gasteiger partial charge >= 0.3 is 5.97 Å². The molecule has 0 fully saturated rings. The lowest BCUT2D eigenvalue weighted by Gasteiger charge is -2.06. The van der Waals surface area contributed by atoms with E-state index in [0.29, 0.717) is 5.56 Å². The van der Waals surface area contributed by atoms with Gasteiger partial charge in [0.05, 0.1) is 11.3 Å². The molecule has 0 saturated heterocycles. The summed E-state index contributed by atoms with van der Waals surface area (Å²) in [5.41, 5.74) is 2.26. The second kappa shape index (κ2) is 5.25. The number of carbonyl (C=O) groups excluding carboxylic acids is 1. The first-order valence-corrected chi connectivity index (χ1v) is 5.40. The minimum absolute atomic E-state index is 0.202. The van der Waals surface area contributed by atoms with E-state index in [1.165, 1.54) is 0 Å². The molecule has 0 aliphatic rings. The lowest BCUT2D eigenvalue weighted by atomic mass is 10.1. The van der Waals surface area contributed by atoms with Crippen LogP contribution in [0.1, 0.15) is 21.6 Å². The zero-order chi connectivity index (χ0) is 12.1. The van der Waals surface area contributed by atoms with E-state index < -0.39 is 0 Å². The monoisotopic (exact) mass is 227 g/mol.